The summed E-state index contributed by atoms with van der Waals surface area (Å²) in [5.41, 5.74) is -0.0411. The fraction of sp³-hybridized carbons (Fsp3) is 0.318. The van der Waals surface area contributed by atoms with Crippen molar-refractivity contribution in [1.82, 2.24) is 0 Å². The number of hydrogen-bond acceptors (Lipinski definition) is 9. The van der Waals surface area contributed by atoms with Crippen LogP contribution in [0.2, 0.25) is 0 Å². The Morgan fingerprint density at radius 2 is 1.74 bits per heavy atom. The molecule has 0 aliphatic carbocycles. The van der Waals surface area contributed by atoms with Crippen LogP contribution in [0, 0.1) is 0 Å². The maximum absolute atomic E-state index is 12.8. The van der Waals surface area contributed by atoms with Gasteiger partial charge in [-0.1, -0.05) is 6.92 Å². The van der Waals surface area contributed by atoms with Crippen molar-refractivity contribution in [2.75, 3.05) is 20.3 Å². The first-order valence-electron chi connectivity index (χ1n) is 9.73. The lowest BCUT2D eigenvalue weighted by Crippen LogP contribution is -2.14. The topological polar surface area (TPSA) is 114 Å². The number of carbonyl (C=O) groups excluding carboxylic acids is 2. The summed E-state index contributed by atoms with van der Waals surface area (Å²) in [6.07, 6.45) is -0.387. The number of carbonyl (C=O) groups is 2. The lowest BCUT2D eigenvalue weighted by Gasteiger charge is -2.13. The quantitative estimate of drug-likeness (QED) is 0.399. The van der Waals surface area contributed by atoms with Crippen molar-refractivity contribution in [3.05, 3.63) is 46.0 Å². The van der Waals surface area contributed by atoms with Gasteiger partial charge in [0.1, 0.15) is 22.7 Å². The van der Waals surface area contributed by atoms with Crippen molar-refractivity contribution in [3.63, 3.8) is 0 Å². The van der Waals surface area contributed by atoms with E-state index in [4.69, 9.17) is 27.8 Å². The lowest BCUT2D eigenvalue weighted by atomic mass is 10.0. The Kier molecular flexibility index (Phi) is 6.64. The minimum Gasteiger partial charge on any atom is -0.496 e. The van der Waals surface area contributed by atoms with Crippen LogP contribution in [0.5, 0.6) is 11.5 Å². The van der Waals surface area contributed by atoms with Gasteiger partial charge >= 0.3 is 17.8 Å². The molecule has 0 saturated heterocycles. The fourth-order valence-corrected chi connectivity index (χ4v) is 3.05. The molecular formula is C22H22O9. The minimum absolute atomic E-state index is 0.0214. The Bertz CT molecular complexity index is 1170. The van der Waals surface area contributed by atoms with Crippen LogP contribution in [-0.2, 0) is 15.9 Å². The normalized spacial score (nSPS) is 10.7. The first kappa shape index (κ1) is 21.9. The molecule has 9 heteroatoms. The van der Waals surface area contributed by atoms with Gasteiger partial charge in [0.15, 0.2) is 5.75 Å². The number of benzene rings is 1. The van der Waals surface area contributed by atoms with Crippen LogP contribution in [-0.4, -0.2) is 32.4 Å². The summed E-state index contributed by atoms with van der Waals surface area (Å²) in [6.45, 7) is 5.44. The predicted octanol–water partition coefficient (Wildman–Crippen LogP) is 4.34. The second-order valence-corrected chi connectivity index (χ2v) is 6.28. The molecule has 2 aromatic heterocycles. The van der Waals surface area contributed by atoms with E-state index in [1.165, 1.54) is 19.2 Å². The van der Waals surface area contributed by atoms with Gasteiger partial charge in [0.25, 0.3) is 0 Å². The number of ether oxygens (including phenoxy) is 4. The van der Waals surface area contributed by atoms with Gasteiger partial charge in [0.05, 0.1) is 25.7 Å². The molecule has 0 saturated carbocycles. The van der Waals surface area contributed by atoms with Gasteiger partial charge in [-0.25, -0.2) is 14.4 Å². The van der Waals surface area contributed by atoms with Crippen molar-refractivity contribution in [2.24, 2.45) is 0 Å². The molecular weight excluding hydrogens is 408 g/mol. The summed E-state index contributed by atoms with van der Waals surface area (Å²) in [6, 6.07) is 6.00. The zero-order chi connectivity index (χ0) is 22.5. The molecule has 9 nitrogen and oxygen atoms in total. The van der Waals surface area contributed by atoms with E-state index >= 15 is 0 Å². The standard InChI is InChI=1S/C22H22O9/c1-5-12-10-13-17(11-16(12)26-4)30-21(24)18(19(13)31-22(25)28-7-3)14-8-9-15(29-14)20(23)27-6-2/h8-11H,5-7H2,1-4H3. The van der Waals surface area contributed by atoms with Crippen LogP contribution in [0.25, 0.3) is 22.3 Å². The second-order valence-electron chi connectivity index (χ2n) is 6.28. The Morgan fingerprint density at radius 1 is 1.00 bits per heavy atom. The largest absolute Gasteiger partial charge is 0.513 e. The highest BCUT2D eigenvalue weighted by Crippen LogP contribution is 2.38. The average Bonchev–Trinajstić information content (AvgIpc) is 3.23. The van der Waals surface area contributed by atoms with E-state index in [1.54, 1.807) is 26.0 Å². The summed E-state index contributed by atoms with van der Waals surface area (Å²) >= 11 is 0. The Balaban J connectivity index is 2.26. The van der Waals surface area contributed by atoms with Gasteiger partial charge in [-0.2, -0.15) is 0 Å². The van der Waals surface area contributed by atoms with E-state index in [9.17, 15) is 14.4 Å². The molecule has 0 fully saturated rings. The van der Waals surface area contributed by atoms with E-state index < -0.39 is 17.8 Å². The maximum Gasteiger partial charge on any atom is 0.513 e. The van der Waals surface area contributed by atoms with E-state index in [0.717, 1.165) is 5.56 Å². The van der Waals surface area contributed by atoms with Crippen LogP contribution in [0.4, 0.5) is 4.79 Å². The molecule has 0 aliphatic rings. The molecule has 0 spiro atoms. The van der Waals surface area contributed by atoms with Crippen molar-refractivity contribution in [1.29, 1.82) is 0 Å². The lowest BCUT2D eigenvalue weighted by molar-refractivity contribution is 0.0490. The molecule has 0 aliphatic heterocycles. The third-order valence-corrected chi connectivity index (χ3v) is 4.42. The number of esters is 1. The van der Waals surface area contributed by atoms with Crippen LogP contribution >= 0.6 is 0 Å². The summed E-state index contributed by atoms with van der Waals surface area (Å²) in [5, 5.41) is 0.342. The van der Waals surface area contributed by atoms with E-state index in [0.29, 0.717) is 17.6 Å². The smallest absolute Gasteiger partial charge is 0.496 e. The number of aryl methyl sites for hydroxylation is 1. The van der Waals surface area contributed by atoms with Crippen molar-refractivity contribution in [3.8, 4) is 22.8 Å². The highest BCUT2D eigenvalue weighted by atomic mass is 16.7. The van der Waals surface area contributed by atoms with Gasteiger partial charge in [-0.3, -0.25) is 0 Å². The molecule has 0 N–H and O–H groups in total. The second kappa shape index (κ2) is 9.38. The third kappa shape index (κ3) is 4.40. The molecule has 0 bridgehead atoms. The molecule has 3 aromatic rings. The molecule has 2 heterocycles. The van der Waals surface area contributed by atoms with E-state index in [2.05, 4.69) is 0 Å². The summed E-state index contributed by atoms with van der Waals surface area (Å²) in [5.74, 6) is -0.401. The monoisotopic (exact) mass is 430 g/mol. The van der Waals surface area contributed by atoms with Gasteiger partial charge in [-0.05, 0) is 44.0 Å². The number of methoxy groups -OCH3 is 1. The molecule has 31 heavy (non-hydrogen) atoms. The SMILES string of the molecule is CCOC(=O)Oc1c(-c2ccc(C(=O)OCC)o2)c(=O)oc2cc(OC)c(CC)cc12. The first-order chi connectivity index (χ1) is 14.9. The molecule has 164 valence electrons. The summed E-state index contributed by atoms with van der Waals surface area (Å²) in [4.78, 5) is 36.9. The van der Waals surface area contributed by atoms with Gasteiger partial charge in [0.2, 0.25) is 5.76 Å². The molecule has 1 aromatic carbocycles. The fourth-order valence-electron chi connectivity index (χ4n) is 3.05. The van der Waals surface area contributed by atoms with Gasteiger partial charge < -0.3 is 27.8 Å². The van der Waals surface area contributed by atoms with Crippen molar-refractivity contribution in [2.45, 2.75) is 27.2 Å². The first-order valence-corrected chi connectivity index (χ1v) is 9.73. The highest BCUT2D eigenvalue weighted by molar-refractivity contribution is 5.94. The van der Waals surface area contributed by atoms with Crippen LogP contribution in [0.1, 0.15) is 36.9 Å². The van der Waals surface area contributed by atoms with E-state index in [1.807, 2.05) is 6.92 Å². The maximum atomic E-state index is 12.8. The molecule has 0 radical (unpaired) electrons. The number of fused-ring (bicyclic) bond motifs is 1. The molecule has 3 rings (SSSR count). The Hall–Kier alpha value is -3.75. The third-order valence-electron chi connectivity index (χ3n) is 4.42. The average molecular weight is 430 g/mol. The molecule has 0 unspecified atom stereocenters. The van der Waals surface area contributed by atoms with Crippen molar-refractivity contribution >= 4 is 23.1 Å². The van der Waals surface area contributed by atoms with Gasteiger partial charge in [0, 0.05) is 6.07 Å². The Labute approximate surface area is 177 Å². The van der Waals surface area contributed by atoms with Crippen LogP contribution in [0.15, 0.2) is 37.9 Å². The van der Waals surface area contributed by atoms with E-state index in [-0.39, 0.29) is 41.6 Å². The summed E-state index contributed by atoms with van der Waals surface area (Å²) in [7, 11) is 1.50. The zero-order valence-corrected chi connectivity index (χ0v) is 17.6. The van der Waals surface area contributed by atoms with Crippen LogP contribution in [0.3, 0.4) is 0 Å². The van der Waals surface area contributed by atoms with Crippen molar-refractivity contribution < 1.29 is 37.4 Å². The predicted molar refractivity (Wildman–Crippen MR) is 110 cm³/mol. The molecule has 0 atom stereocenters. The van der Waals surface area contributed by atoms with Gasteiger partial charge in [-0.15, -0.1) is 0 Å². The number of furan rings is 1. The van der Waals surface area contributed by atoms with Crippen LogP contribution < -0.4 is 15.1 Å². The minimum atomic E-state index is -0.998. The number of hydrogen-bond donors (Lipinski definition) is 0. The summed E-state index contributed by atoms with van der Waals surface area (Å²) < 4.78 is 31.5. The molecule has 0 amide bonds. The number of rotatable bonds is 7. The Morgan fingerprint density at radius 3 is 2.39 bits per heavy atom. The highest BCUT2D eigenvalue weighted by Gasteiger charge is 2.26. The zero-order valence-electron chi connectivity index (χ0n) is 17.6.